The van der Waals surface area contributed by atoms with Crippen LogP contribution >= 0.6 is 0 Å². The number of nitrogens with zero attached hydrogens (tertiary/aromatic N) is 2. The van der Waals surface area contributed by atoms with Crippen molar-refractivity contribution in [2.24, 2.45) is 17.8 Å². The standard InChI is InChI=1S/C18H17N3/c1-11-2-5-16-17(6-11)21-18(20-16)15(10-19)9-14-8-12-3-4-13(14)7-12/h2-6,9,12-14H,7-8H2,1H3,(H,20,21)/b15-9-/t12-,13-,14+/m1/s1. The number of allylic oxidation sites excluding steroid dienone is 4. The van der Waals surface area contributed by atoms with Gasteiger partial charge in [-0.3, -0.25) is 0 Å². The topological polar surface area (TPSA) is 52.5 Å². The summed E-state index contributed by atoms with van der Waals surface area (Å²) in [5, 5.41) is 9.49. The van der Waals surface area contributed by atoms with Crippen LogP contribution in [0.4, 0.5) is 0 Å². The van der Waals surface area contributed by atoms with Gasteiger partial charge in [0.1, 0.15) is 11.9 Å². The van der Waals surface area contributed by atoms with Gasteiger partial charge < -0.3 is 4.98 Å². The zero-order valence-electron chi connectivity index (χ0n) is 12.0. The van der Waals surface area contributed by atoms with Gasteiger partial charge in [-0.15, -0.1) is 0 Å². The maximum Gasteiger partial charge on any atom is 0.148 e. The largest absolute Gasteiger partial charge is 0.337 e. The van der Waals surface area contributed by atoms with E-state index in [1.54, 1.807) is 0 Å². The molecule has 0 saturated heterocycles. The molecule has 1 heterocycles. The van der Waals surface area contributed by atoms with Crippen LogP contribution in [0.2, 0.25) is 0 Å². The number of imidazole rings is 1. The van der Waals surface area contributed by atoms with Gasteiger partial charge in [0.25, 0.3) is 0 Å². The van der Waals surface area contributed by atoms with Crippen molar-refractivity contribution in [2.75, 3.05) is 0 Å². The van der Waals surface area contributed by atoms with E-state index in [9.17, 15) is 5.26 Å². The van der Waals surface area contributed by atoms with Gasteiger partial charge in [0.15, 0.2) is 0 Å². The molecule has 2 bridgehead atoms. The molecule has 21 heavy (non-hydrogen) atoms. The molecule has 0 spiro atoms. The number of hydrogen-bond acceptors (Lipinski definition) is 2. The molecule has 0 unspecified atom stereocenters. The van der Waals surface area contributed by atoms with Crippen molar-refractivity contribution in [3.63, 3.8) is 0 Å². The van der Waals surface area contributed by atoms with E-state index >= 15 is 0 Å². The third-order valence-corrected chi connectivity index (χ3v) is 4.72. The fraction of sp³-hybridized carbons (Fsp3) is 0.333. The minimum atomic E-state index is 0.490. The fourth-order valence-electron chi connectivity index (χ4n) is 3.65. The van der Waals surface area contributed by atoms with Crippen molar-refractivity contribution in [1.29, 1.82) is 5.26 Å². The van der Waals surface area contributed by atoms with Crippen molar-refractivity contribution in [3.05, 3.63) is 47.8 Å². The lowest BCUT2D eigenvalue weighted by Gasteiger charge is -2.13. The van der Waals surface area contributed by atoms with Crippen LogP contribution in [0.15, 0.2) is 36.4 Å². The Balaban J connectivity index is 1.71. The van der Waals surface area contributed by atoms with E-state index in [1.165, 1.54) is 18.4 Å². The second-order valence-corrected chi connectivity index (χ2v) is 6.24. The van der Waals surface area contributed by atoms with E-state index in [0.29, 0.717) is 23.2 Å². The normalized spacial score (nSPS) is 27.4. The van der Waals surface area contributed by atoms with Crippen molar-refractivity contribution in [2.45, 2.75) is 19.8 Å². The number of rotatable bonds is 2. The SMILES string of the molecule is Cc1ccc2nc(/C(C#N)=C\[C@@H]3C[C@@H]4C=C[C@@H]3C4)[nH]c2c1. The van der Waals surface area contributed by atoms with Crippen LogP contribution in [-0.4, -0.2) is 9.97 Å². The van der Waals surface area contributed by atoms with E-state index in [1.807, 2.05) is 12.1 Å². The number of hydrogen-bond donors (Lipinski definition) is 1. The number of aromatic nitrogens is 2. The Morgan fingerprint density at radius 3 is 3.00 bits per heavy atom. The summed E-state index contributed by atoms with van der Waals surface area (Å²) in [6, 6.07) is 8.44. The molecule has 3 nitrogen and oxygen atoms in total. The van der Waals surface area contributed by atoms with Crippen LogP contribution in [0.25, 0.3) is 16.6 Å². The molecule has 3 atom stereocenters. The quantitative estimate of drug-likeness (QED) is 0.665. The highest BCUT2D eigenvalue weighted by Gasteiger charge is 2.34. The lowest BCUT2D eigenvalue weighted by Crippen LogP contribution is -2.04. The van der Waals surface area contributed by atoms with Gasteiger partial charge in [-0.05, 0) is 55.2 Å². The molecule has 0 aliphatic heterocycles. The summed E-state index contributed by atoms with van der Waals surface area (Å²) >= 11 is 0. The molecule has 1 aromatic heterocycles. The third kappa shape index (κ3) is 2.08. The zero-order chi connectivity index (χ0) is 14.4. The Labute approximate surface area is 124 Å². The molecule has 2 aromatic rings. The molecule has 0 radical (unpaired) electrons. The Hall–Kier alpha value is -2.34. The number of aryl methyl sites for hydroxylation is 1. The van der Waals surface area contributed by atoms with E-state index in [0.717, 1.165) is 17.0 Å². The van der Waals surface area contributed by atoms with Crippen LogP contribution in [0.3, 0.4) is 0 Å². The predicted octanol–water partition coefficient (Wildman–Crippen LogP) is 3.99. The highest BCUT2D eigenvalue weighted by molar-refractivity contribution is 5.82. The van der Waals surface area contributed by atoms with Gasteiger partial charge in [0.2, 0.25) is 0 Å². The summed E-state index contributed by atoms with van der Waals surface area (Å²) < 4.78 is 0. The van der Waals surface area contributed by atoms with Crippen molar-refractivity contribution in [1.82, 2.24) is 9.97 Å². The molecule has 104 valence electrons. The lowest BCUT2D eigenvalue weighted by atomic mass is 9.91. The van der Waals surface area contributed by atoms with Crippen molar-refractivity contribution >= 4 is 16.6 Å². The molecule has 4 rings (SSSR count). The molecule has 1 fully saturated rings. The number of H-pyrrole nitrogens is 1. The van der Waals surface area contributed by atoms with Crippen LogP contribution in [0.1, 0.15) is 24.2 Å². The van der Waals surface area contributed by atoms with Crippen LogP contribution in [0.5, 0.6) is 0 Å². The molecule has 0 amide bonds. The van der Waals surface area contributed by atoms with E-state index in [-0.39, 0.29) is 0 Å². The Bertz CT molecular complexity index is 803. The summed E-state index contributed by atoms with van der Waals surface area (Å²) in [6.45, 7) is 2.06. The van der Waals surface area contributed by atoms with Crippen LogP contribution in [-0.2, 0) is 0 Å². The Kier molecular flexibility index (Phi) is 2.71. The third-order valence-electron chi connectivity index (χ3n) is 4.72. The maximum absolute atomic E-state index is 9.49. The summed E-state index contributed by atoms with van der Waals surface area (Å²) in [5.41, 5.74) is 3.79. The van der Waals surface area contributed by atoms with Gasteiger partial charge in [0, 0.05) is 0 Å². The number of aromatic amines is 1. The zero-order valence-corrected chi connectivity index (χ0v) is 12.0. The van der Waals surface area contributed by atoms with Gasteiger partial charge in [-0.25, -0.2) is 4.98 Å². The Morgan fingerprint density at radius 1 is 1.38 bits per heavy atom. The molecule has 1 aromatic carbocycles. The maximum atomic E-state index is 9.49. The number of nitrogens with one attached hydrogen (secondary N) is 1. The van der Waals surface area contributed by atoms with Gasteiger partial charge in [0.05, 0.1) is 16.6 Å². The monoisotopic (exact) mass is 275 g/mol. The first-order valence-corrected chi connectivity index (χ1v) is 7.50. The molecule has 3 heteroatoms. The smallest absolute Gasteiger partial charge is 0.148 e. The molecular weight excluding hydrogens is 258 g/mol. The van der Waals surface area contributed by atoms with Crippen LogP contribution < -0.4 is 0 Å². The first-order chi connectivity index (χ1) is 10.2. The highest BCUT2D eigenvalue weighted by atomic mass is 14.9. The van der Waals surface area contributed by atoms with Crippen molar-refractivity contribution < 1.29 is 0 Å². The summed E-state index contributed by atoms with van der Waals surface area (Å²) in [6.07, 6.45) is 9.18. The predicted molar refractivity (Wildman–Crippen MR) is 83.3 cm³/mol. The molecular formula is C18H17N3. The number of nitriles is 1. The van der Waals surface area contributed by atoms with E-state index in [2.05, 4.69) is 47.3 Å². The minimum Gasteiger partial charge on any atom is -0.337 e. The molecule has 2 aliphatic rings. The van der Waals surface area contributed by atoms with Gasteiger partial charge >= 0.3 is 0 Å². The average Bonchev–Trinajstić information content (AvgIpc) is 3.18. The van der Waals surface area contributed by atoms with E-state index < -0.39 is 0 Å². The first kappa shape index (κ1) is 12.4. The van der Waals surface area contributed by atoms with Crippen molar-refractivity contribution in [3.8, 4) is 6.07 Å². The van der Waals surface area contributed by atoms with Crippen LogP contribution in [0, 0.1) is 36.0 Å². The second-order valence-electron chi connectivity index (χ2n) is 6.24. The summed E-state index contributed by atoms with van der Waals surface area (Å²) in [7, 11) is 0. The van der Waals surface area contributed by atoms with Gasteiger partial charge in [-0.2, -0.15) is 5.26 Å². The summed E-state index contributed by atoms with van der Waals surface area (Å²) in [5.74, 6) is 2.52. The fourth-order valence-corrected chi connectivity index (χ4v) is 3.65. The van der Waals surface area contributed by atoms with E-state index in [4.69, 9.17) is 0 Å². The number of benzene rings is 1. The highest BCUT2D eigenvalue weighted by Crippen LogP contribution is 2.44. The average molecular weight is 275 g/mol. The summed E-state index contributed by atoms with van der Waals surface area (Å²) in [4.78, 5) is 7.85. The Morgan fingerprint density at radius 2 is 2.29 bits per heavy atom. The number of fused-ring (bicyclic) bond motifs is 3. The second kappa shape index (κ2) is 4.60. The minimum absolute atomic E-state index is 0.490. The molecule has 1 saturated carbocycles. The molecule has 1 N–H and O–H groups in total. The molecule has 2 aliphatic carbocycles. The lowest BCUT2D eigenvalue weighted by molar-refractivity contribution is 0.551. The van der Waals surface area contributed by atoms with Gasteiger partial charge in [-0.1, -0.05) is 24.3 Å². The first-order valence-electron chi connectivity index (χ1n) is 7.50.